The van der Waals surface area contributed by atoms with Gasteiger partial charge < -0.3 is 28.5 Å². The average Bonchev–Trinajstić information content (AvgIpc) is 2.67. The van der Waals surface area contributed by atoms with E-state index < -0.39 is 18.0 Å². The zero-order chi connectivity index (χ0) is 18.3. The molecule has 1 aliphatic rings. The Kier molecular flexibility index (Phi) is 3.93. The molecule has 2 heterocycles. The van der Waals surface area contributed by atoms with Crippen molar-refractivity contribution in [1.82, 2.24) is 0 Å². The van der Waals surface area contributed by atoms with Gasteiger partial charge in [-0.1, -0.05) is 6.07 Å². The summed E-state index contributed by atoms with van der Waals surface area (Å²) in [6.07, 6.45) is -1.39. The van der Waals surface area contributed by atoms with Crippen molar-refractivity contribution in [1.29, 1.82) is 0 Å². The van der Waals surface area contributed by atoms with Crippen LogP contribution in [0.3, 0.4) is 0 Å². The van der Waals surface area contributed by atoms with Crippen molar-refractivity contribution < 1.29 is 28.5 Å². The van der Waals surface area contributed by atoms with Crippen molar-refractivity contribution in [2.75, 3.05) is 14.2 Å². The number of phenolic OH excluding ortho intramolecular Hbond substituents is 1. The van der Waals surface area contributed by atoms with E-state index in [9.17, 15) is 9.90 Å². The summed E-state index contributed by atoms with van der Waals surface area (Å²) >= 11 is 0. The van der Waals surface area contributed by atoms with E-state index in [0.717, 1.165) is 0 Å². The summed E-state index contributed by atoms with van der Waals surface area (Å²) in [7, 11) is 2.96. The zero-order valence-corrected chi connectivity index (χ0v) is 14.1. The number of hydrogen-bond donors (Lipinski definition) is 1. The van der Waals surface area contributed by atoms with Crippen molar-refractivity contribution in [3.63, 3.8) is 0 Å². The molecular weight excluding hydrogens is 340 g/mol. The maximum Gasteiger partial charge on any atom is 0.336 e. The first-order valence-corrected chi connectivity index (χ1v) is 7.90. The minimum atomic E-state index is -0.784. The Labute approximate surface area is 148 Å². The Bertz CT molecular complexity index is 1020. The monoisotopic (exact) mass is 356 g/mol. The summed E-state index contributed by atoms with van der Waals surface area (Å²) in [5, 5.41) is 10.5. The molecule has 134 valence electrons. The second-order valence-electron chi connectivity index (χ2n) is 5.76. The molecule has 0 saturated heterocycles. The van der Waals surface area contributed by atoms with Crippen LogP contribution < -0.4 is 19.8 Å². The van der Waals surface area contributed by atoms with E-state index in [1.54, 1.807) is 30.3 Å². The molecule has 2 aromatic carbocycles. The second-order valence-corrected chi connectivity index (χ2v) is 5.76. The van der Waals surface area contributed by atoms with Gasteiger partial charge in [-0.25, -0.2) is 4.79 Å². The van der Waals surface area contributed by atoms with Crippen LogP contribution in [0.1, 0.15) is 11.7 Å². The van der Waals surface area contributed by atoms with Gasteiger partial charge in [-0.2, -0.15) is 0 Å². The van der Waals surface area contributed by atoms with E-state index in [1.807, 2.05) is 0 Å². The molecular formula is C19H16O7. The first-order chi connectivity index (χ1) is 12.6. The first-order valence-electron chi connectivity index (χ1n) is 7.90. The highest BCUT2D eigenvalue weighted by Crippen LogP contribution is 2.44. The summed E-state index contributed by atoms with van der Waals surface area (Å²) in [5.41, 5.74) is 0.527. The number of rotatable bonds is 3. The van der Waals surface area contributed by atoms with Crippen LogP contribution in [-0.4, -0.2) is 25.6 Å². The molecule has 7 nitrogen and oxygen atoms in total. The van der Waals surface area contributed by atoms with E-state index in [0.29, 0.717) is 33.8 Å². The van der Waals surface area contributed by atoms with Gasteiger partial charge in [-0.05, 0) is 30.3 Å². The minimum Gasteiger partial charge on any atom is -0.504 e. The second kappa shape index (κ2) is 6.27. The molecule has 1 N–H and O–H groups in total. The molecule has 0 radical (unpaired) electrons. The molecule has 0 fully saturated rings. The number of benzene rings is 2. The van der Waals surface area contributed by atoms with Crippen molar-refractivity contribution >= 4 is 11.0 Å². The third kappa shape index (κ3) is 2.62. The summed E-state index contributed by atoms with van der Waals surface area (Å²) in [5.74, 6) is 1.08. The fourth-order valence-electron chi connectivity index (χ4n) is 2.93. The van der Waals surface area contributed by atoms with Crippen LogP contribution in [0.2, 0.25) is 0 Å². The van der Waals surface area contributed by atoms with Crippen molar-refractivity contribution in [2.45, 2.75) is 12.4 Å². The fourth-order valence-corrected chi connectivity index (χ4v) is 2.93. The van der Waals surface area contributed by atoms with Gasteiger partial charge in [0.25, 0.3) is 0 Å². The molecule has 2 atom stereocenters. The van der Waals surface area contributed by atoms with Gasteiger partial charge in [-0.3, -0.25) is 0 Å². The third-order valence-electron chi connectivity index (χ3n) is 4.21. The van der Waals surface area contributed by atoms with Crippen LogP contribution in [0, 0.1) is 0 Å². The first kappa shape index (κ1) is 16.3. The largest absolute Gasteiger partial charge is 0.504 e. The molecule has 1 aromatic heterocycles. The van der Waals surface area contributed by atoms with Gasteiger partial charge in [0.15, 0.2) is 28.9 Å². The number of aromatic hydroxyl groups is 1. The topological polar surface area (TPSA) is 87.4 Å². The lowest BCUT2D eigenvalue weighted by atomic mass is 10.1. The van der Waals surface area contributed by atoms with Crippen LogP contribution >= 0.6 is 0 Å². The van der Waals surface area contributed by atoms with Gasteiger partial charge >= 0.3 is 5.63 Å². The molecule has 0 aliphatic carbocycles. The molecule has 2 unspecified atom stereocenters. The number of phenols is 1. The smallest absolute Gasteiger partial charge is 0.336 e. The maximum atomic E-state index is 11.6. The highest BCUT2D eigenvalue weighted by molar-refractivity contribution is 5.85. The summed E-state index contributed by atoms with van der Waals surface area (Å²) in [6, 6.07) is 11.4. The highest BCUT2D eigenvalue weighted by Gasteiger charge is 2.35. The van der Waals surface area contributed by atoms with E-state index in [2.05, 4.69) is 0 Å². The quantitative estimate of drug-likeness (QED) is 0.722. The fraction of sp³-hybridized carbons (Fsp3) is 0.211. The zero-order valence-electron chi connectivity index (χ0n) is 14.1. The van der Waals surface area contributed by atoms with Crippen LogP contribution in [0.25, 0.3) is 11.0 Å². The lowest BCUT2D eigenvalue weighted by Crippen LogP contribution is -2.34. The van der Waals surface area contributed by atoms with Crippen LogP contribution in [0.5, 0.6) is 23.0 Å². The van der Waals surface area contributed by atoms with Gasteiger partial charge in [0.2, 0.25) is 12.0 Å². The van der Waals surface area contributed by atoms with E-state index in [1.165, 1.54) is 26.4 Å². The van der Waals surface area contributed by atoms with Gasteiger partial charge in [0.05, 0.1) is 7.11 Å². The van der Waals surface area contributed by atoms with E-state index in [-0.39, 0.29) is 5.75 Å². The maximum absolute atomic E-state index is 11.6. The van der Waals surface area contributed by atoms with Crippen molar-refractivity contribution in [3.8, 4) is 23.0 Å². The molecule has 0 saturated carbocycles. The molecule has 26 heavy (non-hydrogen) atoms. The number of hydrogen-bond acceptors (Lipinski definition) is 7. The number of ether oxygens (including phenoxy) is 4. The molecule has 7 heteroatoms. The van der Waals surface area contributed by atoms with Crippen LogP contribution in [-0.2, 0) is 4.74 Å². The van der Waals surface area contributed by atoms with Crippen molar-refractivity contribution in [2.24, 2.45) is 0 Å². The summed E-state index contributed by atoms with van der Waals surface area (Å²) in [6.45, 7) is 0. The molecule has 0 spiro atoms. The lowest BCUT2D eigenvalue weighted by molar-refractivity contribution is -0.137. The molecule has 1 aliphatic heterocycles. The predicted octanol–water partition coefficient (Wildman–Crippen LogP) is 2.99. The standard InChI is InChI=1S/C19H16O7/c1-22-14-9-11(3-6-12(14)20)17-19(23-2)26-18-13(24-17)7-4-10-5-8-15(21)25-16(10)18/h3-9,17,19-20H,1-2H3. The van der Waals surface area contributed by atoms with Crippen molar-refractivity contribution in [3.05, 3.63) is 58.4 Å². The van der Waals surface area contributed by atoms with Crippen LogP contribution in [0.15, 0.2) is 51.7 Å². The molecule has 0 bridgehead atoms. The van der Waals surface area contributed by atoms with Gasteiger partial charge in [-0.15, -0.1) is 0 Å². The van der Waals surface area contributed by atoms with Gasteiger partial charge in [0.1, 0.15) is 0 Å². The highest BCUT2D eigenvalue weighted by atomic mass is 16.7. The summed E-state index contributed by atoms with van der Waals surface area (Å²) < 4.78 is 27.8. The van der Waals surface area contributed by atoms with E-state index >= 15 is 0 Å². The predicted molar refractivity (Wildman–Crippen MR) is 91.9 cm³/mol. The number of methoxy groups -OCH3 is 2. The molecule has 0 amide bonds. The normalized spacial score (nSPS) is 18.7. The lowest BCUT2D eigenvalue weighted by Gasteiger charge is -2.33. The van der Waals surface area contributed by atoms with Gasteiger partial charge in [0, 0.05) is 24.1 Å². The van der Waals surface area contributed by atoms with Crippen LogP contribution in [0.4, 0.5) is 0 Å². The third-order valence-corrected chi connectivity index (χ3v) is 4.21. The minimum absolute atomic E-state index is 0.0233. The van der Waals surface area contributed by atoms with E-state index in [4.69, 9.17) is 23.4 Å². The Morgan fingerprint density at radius 1 is 1.04 bits per heavy atom. The molecule has 3 aromatic rings. The Hall–Kier alpha value is -3.19. The average molecular weight is 356 g/mol. The summed E-state index contributed by atoms with van der Waals surface area (Å²) in [4.78, 5) is 11.6. The Morgan fingerprint density at radius 3 is 2.62 bits per heavy atom. The Morgan fingerprint density at radius 2 is 1.85 bits per heavy atom. The Balaban J connectivity index is 1.80. The number of fused-ring (bicyclic) bond motifs is 3. The molecule has 4 rings (SSSR count). The SMILES string of the molecule is COc1cc(C2Oc3ccc4ccc(=O)oc4c3OC2OC)ccc1O.